The average molecular weight is 403 g/mol. The maximum absolute atomic E-state index is 14.6. The molecule has 1 aromatic heterocycles. The molecular weight excluding hydrogens is 387 g/mol. The molecule has 0 fully saturated rings. The van der Waals surface area contributed by atoms with Crippen molar-refractivity contribution in [2.75, 3.05) is 5.32 Å². The van der Waals surface area contributed by atoms with Gasteiger partial charge in [0.2, 0.25) is 5.95 Å². The molecule has 1 N–H and O–H groups in total. The lowest BCUT2D eigenvalue weighted by molar-refractivity contribution is 0.551. The number of fused-ring (bicyclic) bond motifs is 1. The summed E-state index contributed by atoms with van der Waals surface area (Å²) in [7, 11) is 0. The van der Waals surface area contributed by atoms with Crippen molar-refractivity contribution in [1.82, 2.24) is 14.8 Å². The molecule has 29 heavy (non-hydrogen) atoms. The maximum atomic E-state index is 14.6. The number of anilines is 1. The van der Waals surface area contributed by atoms with Crippen LogP contribution >= 0.6 is 11.6 Å². The minimum atomic E-state index is -0.494. The smallest absolute Gasteiger partial charge is 0.226 e. The van der Waals surface area contributed by atoms with Crippen molar-refractivity contribution in [3.05, 3.63) is 107 Å². The molecular formula is C23H16ClFN4. The molecule has 142 valence electrons. The van der Waals surface area contributed by atoms with E-state index in [0.717, 1.165) is 22.4 Å². The minimum Gasteiger partial charge on any atom is -0.324 e. The number of benzene rings is 3. The third-order valence-electron chi connectivity index (χ3n) is 5.01. The van der Waals surface area contributed by atoms with Crippen LogP contribution in [0.15, 0.2) is 85.2 Å². The Morgan fingerprint density at radius 2 is 1.59 bits per heavy atom. The van der Waals surface area contributed by atoms with E-state index in [2.05, 4.69) is 39.7 Å². The molecule has 0 radical (unpaired) electrons. The molecule has 0 amide bonds. The van der Waals surface area contributed by atoms with Gasteiger partial charge in [0.25, 0.3) is 0 Å². The number of hydrogen-bond acceptors (Lipinski definition) is 3. The minimum absolute atomic E-state index is 0.355. The SMILES string of the molecule is Fc1cccc(Cl)c1C1C=C(c2ccc(-c3ccccc3)cc2)Nc2ncnn21. The Bertz CT molecular complexity index is 1180. The fraction of sp³-hybridized carbons (Fsp3) is 0.0435. The van der Waals surface area contributed by atoms with Crippen molar-refractivity contribution in [2.45, 2.75) is 6.04 Å². The van der Waals surface area contributed by atoms with E-state index in [1.807, 2.05) is 36.4 Å². The molecule has 3 aromatic carbocycles. The molecule has 0 aliphatic carbocycles. The normalized spacial score (nSPS) is 15.4. The maximum Gasteiger partial charge on any atom is 0.226 e. The van der Waals surface area contributed by atoms with E-state index in [9.17, 15) is 4.39 Å². The molecule has 1 aliphatic heterocycles. The highest BCUT2D eigenvalue weighted by molar-refractivity contribution is 6.31. The number of allylic oxidation sites excluding steroid dienone is 1. The average Bonchev–Trinajstić information content (AvgIpc) is 3.23. The molecule has 0 bridgehead atoms. The predicted octanol–water partition coefficient (Wildman–Crippen LogP) is 5.79. The monoisotopic (exact) mass is 402 g/mol. The second kappa shape index (κ2) is 7.18. The van der Waals surface area contributed by atoms with Gasteiger partial charge < -0.3 is 5.32 Å². The van der Waals surface area contributed by atoms with Gasteiger partial charge >= 0.3 is 0 Å². The molecule has 4 nitrogen and oxygen atoms in total. The van der Waals surface area contributed by atoms with Crippen LogP contribution in [-0.2, 0) is 0 Å². The van der Waals surface area contributed by atoms with Crippen LogP contribution in [0.1, 0.15) is 17.2 Å². The van der Waals surface area contributed by atoms with Gasteiger partial charge in [-0.15, -0.1) is 0 Å². The molecule has 0 saturated heterocycles. The first-order valence-electron chi connectivity index (χ1n) is 9.19. The Hall–Kier alpha value is -3.44. The fourth-order valence-electron chi connectivity index (χ4n) is 3.57. The topological polar surface area (TPSA) is 42.7 Å². The van der Waals surface area contributed by atoms with Crippen LogP contribution in [0.3, 0.4) is 0 Å². The Morgan fingerprint density at radius 1 is 0.862 bits per heavy atom. The second-order valence-electron chi connectivity index (χ2n) is 6.76. The van der Waals surface area contributed by atoms with E-state index in [1.165, 1.54) is 12.4 Å². The van der Waals surface area contributed by atoms with Gasteiger partial charge in [0.15, 0.2) is 0 Å². The summed E-state index contributed by atoms with van der Waals surface area (Å²) in [5.74, 6) is 0.167. The van der Waals surface area contributed by atoms with Crippen molar-refractivity contribution in [2.24, 2.45) is 0 Å². The fourth-order valence-corrected chi connectivity index (χ4v) is 3.85. The third kappa shape index (κ3) is 3.19. The zero-order valence-corrected chi connectivity index (χ0v) is 16.0. The largest absolute Gasteiger partial charge is 0.324 e. The van der Waals surface area contributed by atoms with E-state index in [-0.39, 0.29) is 5.82 Å². The standard InChI is InChI=1S/C23H16ClFN4/c24-18-7-4-8-19(25)22(18)21-13-20(28-23-26-14-27-29(21)23)17-11-9-16(10-12-17)15-5-2-1-3-6-15/h1-14,21H,(H,26,27,28). The summed E-state index contributed by atoms with van der Waals surface area (Å²) in [5, 5.41) is 7.88. The van der Waals surface area contributed by atoms with Gasteiger partial charge in [0.1, 0.15) is 18.2 Å². The number of aromatic nitrogens is 3. The summed E-state index contributed by atoms with van der Waals surface area (Å²) in [5.41, 5.74) is 4.45. The summed E-state index contributed by atoms with van der Waals surface area (Å²) in [6.45, 7) is 0. The van der Waals surface area contributed by atoms with Gasteiger partial charge in [-0.3, -0.25) is 0 Å². The number of rotatable bonds is 3. The van der Waals surface area contributed by atoms with Crippen LogP contribution < -0.4 is 5.32 Å². The number of hydrogen-bond donors (Lipinski definition) is 1. The molecule has 1 aliphatic rings. The third-order valence-corrected chi connectivity index (χ3v) is 5.34. The van der Waals surface area contributed by atoms with Crippen LogP contribution in [0.4, 0.5) is 10.3 Å². The molecule has 5 rings (SSSR count). The van der Waals surface area contributed by atoms with Crippen molar-refractivity contribution in [3.63, 3.8) is 0 Å². The predicted molar refractivity (Wildman–Crippen MR) is 113 cm³/mol. The second-order valence-corrected chi connectivity index (χ2v) is 7.16. The van der Waals surface area contributed by atoms with Crippen molar-refractivity contribution in [1.29, 1.82) is 0 Å². The van der Waals surface area contributed by atoms with Crippen LogP contribution in [0.5, 0.6) is 0 Å². The highest BCUT2D eigenvalue weighted by atomic mass is 35.5. The number of halogens is 2. The van der Waals surface area contributed by atoms with Gasteiger partial charge in [0.05, 0.1) is 0 Å². The number of nitrogens with zero attached hydrogens (tertiary/aromatic N) is 3. The zero-order chi connectivity index (χ0) is 19.8. The summed E-state index contributed by atoms with van der Waals surface area (Å²) in [6, 6.07) is 22.6. The molecule has 1 atom stereocenters. The van der Waals surface area contributed by atoms with Gasteiger partial charge in [-0.25, -0.2) is 9.07 Å². The van der Waals surface area contributed by atoms with Crippen molar-refractivity contribution < 1.29 is 4.39 Å². The quantitative estimate of drug-likeness (QED) is 0.471. The molecule has 0 spiro atoms. The van der Waals surface area contributed by atoms with Crippen LogP contribution in [0.25, 0.3) is 16.8 Å². The van der Waals surface area contributed by atoms with E-state index < -0.39 is 6.04 Å². The van der Waals surface area contributed by atoms with E-state index in [4.69, 9.17) is 11.6 Å². The Balaban J connectivity index is 1.56. The first-order valence-corrected chi connectivity index (χ1v) is 9.56. The lowest BCUT2D eigenvalue weighted by Gasteiger charge is -2.25. The zero-order valence-electron chi connectivity index (χ0n) is 15.3. The highest BCUT2D eigenvalue weighted by Crippen LogP contribution is 2.36. The summed E-state index contributed by atoms with van der Waals surface area (Å²) >= 11 is 6.33. The lowest BCUT2D eigenvalue weighted by atomic mass is 9.99. The summed E-state index contributed by atoms with van der Waals surface area (Å²) < 4.78 is 16.2. The van der Waals surface area contributed by atoms with Gasteiger partial charge in [0, 0.05) is 16.3 Å². The highest BCUT2D eigenvalue weighted by Gasteiger charge is 2.27. The first kappa shape index (κ1) is 17.6. The van der Waals surface area contributed by atoms with Crippen LogP contribution in [-0.4, -0.2) is 14.8 Å². The van der Waals surface area contributed by atoms with E-state index in [1.54, 1.807) is 16.8 Å². The van der Waals surface area contributed by atoms with Crippen LogP contribution in [0.2, 0.25) is 5.02 Å². The first-order chi connectivity index (χ1) is 14.2. The van der Waals surface area contributed by atoms with Crippen molar-refractivity contribution in [3.8, 4) is 11.1 Å². The molecule has 0 saturated carbocycles. The Kier molecular flexibility index (Phi) is 4.37. The molecule has 4 aromatic rings. The van der Waals surface area contributed by atoms with E-state index >= 15 is 0 Å². The van der Waals surface area contributed by atoms with Crippen LogP contribution in [0, 0.1) is 5.82 Å². The lowest BCUT2D eigenvalue weighted by Crippen LogP contribution is -2.21. The summed E-state index contributed by atoms with van der Waals surface area (Å²) in [6.07, 6.45) is 3.36. The summed E-state index contributed by atoms with van der Waals surface area (Å²) in [4.78, 5) is 4.27. The molecule has 1 unspecified atom stereocenters. The van der Waals surface area contributed by atoms with Gasteiger partial charge in [-0.1, -0.05) is 72.3 Å². The van der Waals surface area contributed by atoms with Crippen molar-refractivity contribution >= 4 is 23.2 Å². The number of nitrogens with one attached hydrogen (secondary N) is 1. The van der Waals surface area contributed by atoms with Gasteiger partial charge in [-0.2, -0.15) is 10.1 Å². The Labute approximate surface area is 172 Å². The molecule has 2 heterocycles. The Morgan fingerprint density at radius 3 is 2.34 bits per heavy atom. The molecule has 6 heteroatoms. The van der Waals surface area contributed by atoms with Gasteiger partial charge in [-0.05, 0) is 34.9 Å². The van der Waals surface area contributed by atoms with E-state index in [0.29, 0.717) is 16.5 Å².